The van der Waals surface area contributed by atoms with Crippen LogP contribution < -0.4 is 0 Å². The van der Waals surface area contributed by atoms with Gasteiger partial charge in [-0.25, -0.2) is 8.78 Å². The Kier molecular flexibility index (Phi) is 3.57. The molecule has 0 aromatic rings. The van der Waals surface area contributed by atoms with Gasteiger partial charge in [0.2, 0.25) is 0 Å². The van der Waals surface area contributed by atoms with Crippen molar-refractivity contribution in [3.05, 3.63) is 0 Å². The van der Waals surface area contributed by atoms with Crippen molar-refractivity contribution in [3.8, 4) is 0 Å². The molecule has 0 spiro atoms. The summed E-state index contributed by atoms with van der Waals surface area (Å²) >= 11 is 0. The average Bonchev–Trinajstić information content (AvgIpc) is 2.58. The zero-order valence-electron chi connectivity index (χ0n) is 9.33. The number of nitrogens with zero attached hydrogens (tertiary/aromatic N) is 2. The Balaban J connectivity index is 1.84. The fourth-order valence-corrected chi connectivity index (χ4v) is 2.96. The highest BCUT2D eigenvalue weighted by atomic mass is 19.3. The minimum Gasteiger partial charge on any atom is -0.303 e. The van der Waals surface area contributed by atoms with Crippen LogP contribution in [0.4, 0.5) is 8.78 Å². The van der Waals surface area contributed by atoms with Crippen LogP contribution in [0.1, 0.15) is 13.3 Å². The zero-order valence-corrected chi connectivity index (χ0v) is 9.33. The molecule has 0 N–H and O–H groups in total. The standard InChI is InChI=1S/C11H20F2N2/c1-2-14-5-9-3-4-15(8-11(12)13)7-10(9)6-14/h9-11H,2-8H2,1H3/t9-,10-/m1/s1. The van der Waals surface area contributed by atoms with Gasteiger partial charge in [0.1, 0.15) is 0 Å². The highest BCUT2D eigenvalue weighted by Crippen LogP contribution is 2.30. The molecular formula is C11H20F2N2. The van der Waals surface area contributed by atoms with Gasteiger partial charge in [-0.2, -0.15) is 0 Å². The van der Waals surface area contributed by atoms with Gasteiger partial charge < -0.3 is 4.90 Å². The van der Waals surface area contributed by atoms with E-state index in [-0.39, 0.29) is 6.54 Å². The molecule has 0 radical (unpaired) electrons. The van der Waals surface area contributed by atoms with E-state index in [1.807, 2.05) is 4.90 Å². The van der Waals surface area contributed by atoms with Crippen molar-refractivity contribution in [2.24, 2.45) is 11.8 Å². The van der Waals surface area contributed by atoms with E-state index in [1.165, 1.54) is 6.54 Å². The van der Waals surface area contributed by atoms with Crippen LogP contribution in [0.15, 0.2) is 0 Å². The van der Waals surface area contributed by atoms with Gasteiger partial charge in [0.25, 0.3) is 6.43 Å². The van der Waals surface area contributed by atoms with Gasteiger partial charge in [-0.15, -0.1) is 0 Å². The lowest BCUT2D eigenvalue weighted by Gasteiger charge is -2.34. The molecular weight excluding hydrogens is 198 g/mol. The summed E-state index contributed by atoms with van der Waals surface area (Å²) in [6.07, 6.45) is -1.07. The predicted molar refractivity (Wildman–Crippen MR) is 56.2 cm³/mol. The van der Waals surface area contributed by atoms with Gasteiger partial charge in [-0.3, -0.25) is 4.90 Å². The summed E-state index contributed by atoms with van der Waals surface area (Å²) in [5.74, 6) is 1.40. The number of rotatable bonds is 3. The van der Waals surface area contributed by atoms with Gasteiger partial charge in [-0.05, 0) is 31.3 Å². The van der Waals surface area contributed by atoms with Crippen molar-refractivity contribution in [1.82, 2.24) is 9.80 Å². The minimum absolute atomic E-state index is 0.0324. The summed E-state index contributed by atoms with van der Waals surface area (Å²) in [5.41, 5.74) is 0. The fraction of sp³-hybridized carbons (Fsp3) is 1.00. The third kappa shape index (κ3) is 2.67. The monoisotopic (exact) mass is 218 g/mol. The fourth-order valence-electron chi connectivity index (χ4n) is 2.96. The van der Waals surface area contributed by atoms with Crippen LogP contribution in [0.25, 0.3) is 0 Å². The molecule has 0 aromatic heterocycles. The Morgan fingerprint density at radius 3 is 2.47 bits per heavy atom. The zero-order chi connectivity index (χ0) is 10.8. The van der Waals surface area contributed by atoms with Crippen LogP contribution in [-0.2, 0) is 0 Å². The highest BCUT2D eigenvalue weighted by Gasteiger charge is 2.36. The first-order valence-corrected chi connectivity index (χ1v) is 5.92. The molecule has 2 heterocycles. The Labute approximate surface area is 90.2 Å². The quantitative estimate of drug-likeness (QED) is 0.708. The van der Waals surface area contributed by atoms with E-state index >= 15 is 0 Å². The second kappa shape index (κ2) is 4.74. The molecule has 88 valence electrons. The lowest BCUT2D eigenvalue weighted by Crippen LogP contribution is -2.42. The normalized spacial score (nSPS) is 33.6. The lowest BCUT2D eigenvalue weighted by atomic mass is 9.89. The Morgan fingerprint density at radius 1 is 1.13 bits per heavy atom. The van der Waals surface area contributed by atoms with E-state index in [0.29, 0.717) is 5.92 Å². The van der Waals surface area contributed by atoms with Crippen LogP contribution >= 0.6 is 0 Å². The number of piperidine rings is 1. The molecule has 0 amide bonds. The number of alkyl halides is 2. The van der Waals surface area contributed by atoms with Crippen LogP contribution in [-0.4, -0.2) is 55.5 Å². The SMILES string of the molecule is CCN1C[C@H]2CCN(CC(F)F)C[C@H]2C1. The largest absolute Gasteiger partial charge is 0.303 e. The van der Waals surface area contributed by atoms with Crippen molar-refractivity contribution in [3.63, 3.8) is 0 Å². The average molecular weight is 218 g/mol. The highest BCUT2D eigenvalue weighted by molar-refractivity contribution is 4.89. The maximum Gasteiger partial charge on any atom is 0.251 e. The summed E-state index contributed by atoms with van der Waals surface area (Å²) in [6.45, 7) is 7.28. The molecule has 2 aliphatic rings. The smallest absolute Gasteiger partial charge is 0.251 e. The van der Waals surface area contributed by atoms with E-state index in [4.69, 9.17) is 0 Å². The molecule has 0 aromatic carbocycles. The van der Waals surface area contributed by atoms with Crippen LogP contribution in [0.3, 0.4) is 0 Å². The number of hydrogen-bond acceptors (Lipinski definition) is 2. The van der Waals surface area contributed by atoms with Gasteiger partial charge in [-0.1, -0.05) is 6.92 Å². The molecule has 15 heavy (non-hydrogen) atoms. The Hall–Kier alpha value is -0.220. The lowest BCUT2D eigenvalue weighted by molar-refractivity contribution is 0.0570. The molecule has 0 aliphatic carbocycles. The van der Waals surface area contributed by atoms with E-state index in [2.05, 4.69) is 11.8 Å². The van der Waals surface area contributed by atoms with Gasteiger partial charge in [0.05, 0.1) is 6.54 Å². The van der Waals surface area contributed by atoms with Crippen molar-refractivity contribution in [2.75, 3.05) is 39.3 Å². The maximum absolute atomic E-state index is 12.3. The third-order valence-corrected chi connectivity index (χ3v) is 3.80. The van der Waals surface area contributed by atoms with Crippen molar-refractivity contribution >= 4 is 0 Å². The molecule has 0 bridgehead atoms. The molecule has 4 heteroatoms. The first-order chi connectivity index (χ1) is 7.19. The Bertz CT molecular complexity index is 211. The number of fused-ring (bicyclic) bond motifs is 1. The molecule has 2 fully saturated rings. The van der Waals surface area contributed by atoms with E-state index in [9.17, 15) is 8.78 Å². The number of likely N-dealkylation sites (tertiary alicyclic amines) is 2. The minimum atomic E-state index is -2.18. The van der Waals surface area contributed by atoms with E-state index < -0.39 is 6.43 Å². The summed E-state index contributed by atoms with van der Waals surface area (Å²) in [7, 11) is 0. The van der Waals surface area contributed by atoms with Crippen LogP contribution in [0, 0.1) is 11.8 Å². The molecule has 0 unspecified atom stereocenters. The Morgan fingerprint density at radius 2 is 1.80 bits per heavy atom. The van der Waals surface area contributed by atoms with Crippen molar-refractivity contribution < 1.29 is 8.78 Å². The number of hydrogen-bond donors (Lipinski definition) is 0. The topological polar surface area (TPSA) is 6.48 Å². The molecule has 2 atom stereocenters. The molecule has 2 rings (SSSR count). The third-order valence-electron chi connectivity index (χ3n) is 3.80. The predicted octanol–water partition coefficient (Wildman–Crippen LogP) is 1.53. The van der Waals surface area contributed by atoms with Crippen LogP contribution in [0.5, 0.6) is 0 Å². The van der Waals surface area contributed by atoms with E-state index in [0.717, 1.165) is 38.5 Å². The first-order valence-electron chi connectivity index (χ1n) is 5.92. The van der Waals surface area contributed by atoms with Crippen molar-refractivity contribution in [1.29, 1.82) is 0 Å². The summed E-state index contributed by atoms with van der Waals surface area (Å²) in [6, 6.07) is 0. The number of halogens is 2. The van der Waals surface area contributed by atoms with Crippen LogP contribution in [0.2, 0.25) is 0 Å². The second-order valence-corrected chi connectivity index (χ2v) is 4.81. The molecule has 0 saturated carbocycles. The summed E-state index contributed by atoms with van der Waals surface area (Å²) in [5, 5.41) is 0. The second-order valence-electron chi connectivity index (χ2n) is 4.81. The van der Waals surface area contributed by atoms with Crippen molar-refractivity contribution in [2.45, 2.75) is 19.8 Å². The van der Waals surface area contributed by atoms with E-state index in [1.54, 1.807) is 0 Å². The first kappa shape index (κ1) is 11.3. The summed E-state index contributed by atoms with van der Waals surface area (Å²) in [4.78, 5) is 4.38. The molecule has 2 aliphatic heterocycles. The summed E-state index contributed by atoms with van der Waals surface area (Å²) < 4.78 is 24.5. The van der Waals surface area contributed by atoms with Gasteiger partial charge in [0.15, 0.2) is 0 Å². The molecule has 2 saturated heterocycles. The molecule has 2 nitrogen and oxygen atoms in total. The van der Waals surface area contributed by atoms with Gasteiger partial charge in [0, 0.05) is 19.6 Å². The maximum atomic E-state index is 12.3. The van der Waals surface area contributed by atoms with Gasteiger partial charge >= 0.3 is 0 Å².